The molecule has 1 aromatic heterocycles. The fourth-order valence-electron chi connectivity index (χ4n) is 3.08. The third-order valence-electron chi connectivity index (χ3n) is 4.18. The molecule has 0 spiro atoms. The molecule has 0 atom stereocenters. The van der Waals surface area contributed by atoms with Crippen molar-refractivity contribution in [3.05, 3.63) is 54.0 Å². The van der Waals surface area contributed by atoms with Crippen LogP contribution in [-0.4, -0.2) is 36.6 Å². The molecule has 1 amide bonds. The highest BCUT2D eigenvalue weighted by molar-refractivity contribution is 5.82. The van der Waals surface area contributed by atoms with Gasteiger partial charge < -0.3 is 14.2 Å². The van der Waals surface area contributed by atoms with E-state index < -0.39 is 18.6 Å². The van der Waals surface area contributed by atoms with Crippen LogP contribution in [0.1, 0.15) is 17.7 Å². The lowest BCUT2D eigenvalue weighted by molar-refractivity contribution is -0.162. The van der Waals surface area contributed by atoms with Crippen molar-refractivity contribution < 1.29 is 22.4 Å². The van der Waals surface area contributed by atoms with Crippen molar-refractivity contribution in [1.29, 1.82) is 0 Å². The van der Waals surface area contributed by atoms with E-state index in [0.29, 0.717) is 12.3 Å². The van der Waals surface area contributed by atoms with Crippen LogP contribution in [0.5, 0.6) is 0 Å². The maximum Gasteiger partial charge on any atom is 0.406 e. The van der Waals surface area contributed by atoms with Gasteiger partial charge in [0.15, 0.2) is 0 Å². The van der Waals surface area contributed by atoms with Crippen LogP contribution in [0.3, 0.4) is 0 Å². The Hall–Kier alpha value is -2.44. The maximum absolute atomic E-state index is 12.9. The molecule has 0 bridgehead atoms. The van der Waals surface area contributed by atoms with Gasteiger partial charge in [-0.2, -0.15) is 13.2 Å². The van der Waals surface area contributed by atoms with Crippen molar-refractivity contribution in [2.75, 3.05) is 24.5 Å². The first-order valence-corrected chi connectivity index (χ1v) is 8.12. The van der Waals surface area contributed by atoms with Crippen molar-refractivity contribution in [2.24, 2.45) is 0 Å². The van der Waals surface area contributed by atoms with Gasteiger partial charge in [-0.25, -0.2) is 0 Å². The van der Waals surface area contributed by atoms with Crippen LogP contribution >= 0.6 is 0 Å². The van der Waals surface area contributed by atoms with Gasteiger partial charge in [0.05, 0.1) is 19.4 Å². The highest BCUT2D eigenvalue weighted by Crippen LogP contribution is 2.27. The van der Waals surface area contributed by atoms with E-state index in [1.54, 1.807) is 12.1 Å². The smallest absolute Gasteiger partial charge is 0.406 e. The van der Waals surface area contributed by atoms with Crippen LogP contribution < -0.4 is 4.90 Å². The predicted molar refractivity (Wildman–Crippen MR) is 87.2 cm³/mol. The minimum absolute atomic E-state index is 0.0756. The largest absolute Gasteiger partial charge is 0.467 e. The van der Waals surface area contributed by atoms with E-state index >= 15 is 0 Å². The third kappa shape index (κ3) is 4.55. The Balaban J connectivity index is 1.74. The van der Waals surface area contributed by atoms with E-state index in [1.165, 1.54) is 6.26 Å². The summed E-state index contributed by atoms with van der Waals surface area (Å²) in [5.41, 5.74) is 2.04. The number of carbonyl (C=O) groups is 1. The predicted octanol–water partition coefficient (Wildman–Crippen LogP) is 3.62. The van der Waals surface area contributed by atoms with Gasteiger partial charge in [0.25, 0.3) is 0 Å². The number of fused-ring (bicyclic) bond motifs is 1. The molecule has 0 unspecified atom stereocenters. The zero-order valence-electron chi connectivity index (χ0n) is 13.6. The molecule has 0 saturated carbocycles. The number of rotatable bonds is 5. The molecule has 1 aliphatic heterocycles. The van der Waals surface area contributed by atoms with E-state index in [4.69, 9.17) is 4.42 Å². The van der Waals surface area contributed by atoms with Crippen molar-refractivity contribution in [1.82, 2.24) is 4.90 Å². The minimum atomic E-state index is -4.46. The van der Waals surface area contributed by atoms with Gasteiger partial charge in [-0.3, -0.25) is 4.79 Å². The zero-order chi connectivity index (χ0) is 17.9. The monoisotopic (exact) mass is 352 g/mol. The molecule has 25 heavy (non-hydrogen) atoms. The van der Waals surface area contributed by atoms with Gasteiger partial charge in [0, 0.05) is 12.2 Å². The topological polar surface area (TPSA) is 36.7 Å². The molecular weight excluding hydrogens is 333 g/mol. The number of benzene rings is 1. The molecule has 134 valence electrons. The molecule has 7 heteroatoms. The number of amides is 1. The summed E-state index contributed by atoms with van der Waals surface area (Å²) in [6.07, 6.45) is -1.28. The number of nitrogens with zero attached hydrogens (tertiary/aromatic N) is 2. The average Bonchev–Trinajstić information content (AvgIpc) is 3.06. The third-order valence-corrected chi connectivity index (χ3v) is 4.18. The fraction of sp³-hybridized carbons (Fsp3) is 0.389. The first-order valence-electron chi connectivity index (χ1n) is 8.12. The van der Waals surface area contributed by atoms with Crippen molar-refractivity contribution in [3.63, 3.8) is 0 Å². The second-order valence-electron chi connectivity index (χ2n) is 6.10. The van der Waals surface area contributed by atoms with Crippen molar-refractivity contribution >= 4 is 11.6 Å². The Labute approximate surface area is 143 Å². The van der Waals surface area contributed by atoms with Crippen LogP contribution in [0.4, 0.5) is 18.9 Å². The molecule has 0 saturated heterocycles. The number of aryl methyl sites for hydroxylation is 1. The van der Waals surface area contributed by atoms with Crippen LogP contribution in [0.15, 0.2) is 47.1 Å². The van der Waals surface area contributed by atoms with E-state index in [2.05, 4.69) is 0 Å². The van der Waals surface area contributed by atoms with E-state index in [1.807, 2.05) is 29.2 Å². The number of para-hydroxylation sites is 1. The summed E-state index contributed by atoms with van der Waals surface area (Å²) in [6.45, 7) is -0.903. The first-order chi connectivity index (χ1) is 11.9. The second kappa shape index (κ2) is 7.21. The van der Waals surface area contributed by atoms with Crippen LogP contribution in [0.2, 0.25) is 0 Å². The summed E-state index contributed by atoms with van der Waals surface area (Å²) >= 11 is 0. The van der Waals surface area contributed by atoms with Crippen LogP contribution in [0, 0.1) is 0 Å². The van der Waals surface area contributed by atoms with Crippen LogP contribution in [-0.2, 0) is 17.8 Å². The van der Waals surface area contributed by atoms with Crippen molar-refractivity contribution in [2.45, 2.75) is 25.6 Å². The normalized spacial score (nSPS) is 14.3. The number of furan rings is 1. The summed E-state index contributed by atoms with van der Waals surface area (Å²) in [6, 6.07) is 10.8. The standard InChI is InChI=1S/C18H19F3N2O2/c19-18(20,21)13-23(11-15-7-4-10-25-15)17(24)12-22-9-3-6-14-5-1-2-8-16(14)22/h1-2,4-5,7-8,10H,3,6,9,11-13H2. The highest BCUT2D eigenvalue weighted by Gasteiger charge is 2.34. The number of hydrogen-bond donors (Lipinski definition) is 0. The SMILES string of the molecule is O=C(CN1CCCc2ccccc21)N(Cc1ccco1)CC(F)(F)F. The molecule has 2 aromatic rings. The molecular formula is C18H19F3N2O2. The van der Waals surface area contributed by atoms with E-state index in [9.17, 15) is 18.0 Å². The Kier molecular flexibility index (Phi) is 5.01. The summed E-state index contributed by atoms with van der Waals surface area (Å²) in [4.78, 5) is 15.2. The van der Waals surface area contributed by atoms with Gasteiger partial charge in [-0.1, -0.05) is 18.2 Å². The molecule has 1 aliphatic rings. The number of hydrogen-bond acceptors (Lipinski definition) is 3. The average molecular weight is 352 g/mol. The lowest BCUT2D eigenvalue weighted by atomic mass is 10.0. The fourth-order valence-corrected chi connectivity index (χ4v) is 3.08. The molecule has 0 fully saturated rings. The number of alkyl halides is 3. The molecule has 4 nitrogen and oxygen atoms in total. The summed E-state index contributed by atoms with van der Waals surface area (Å²) in [5.74, 6) is -0.234. The Bertz CT molecular complexity index is 713. The molecule has 2 heterocycles. The lowest BCUT2D eigenvalue weighted by Gasteiger charge is -2.33. The number of anilines is 1. The number of carbonyl (C=O) groups excluding carboxylic acids is 1. The van der Waals surface area contributed by atoms with Gasteiger partial charge in [0.2, 0.25) is 5.91 Å². The zero-order valence-corrected chi connectivity index (χ0v) is 13.6. The van der Waals surface area contributed by atoms with Crippen LogP contribution in [0.25, 0.3) is 0 Å². The molecule has 0 radical (unpaired) electrons. The Morgan fingerprint density at radius 3 is 2.72 bits per heavy atom. The quantitative estimate of drug-likeness (QED) is 0.825. The van der Waals surface area contributed by atoms with Gasteiger partial charge in [0.1, 0.15) is 12.3 Å². The molecule has 0 aliphatic carbocycles. The maximum atomic E-state index is 12.9. The van der Waals surface area contributed by atoms with E-state index in [-0.39, 0.29) is 13.1 Å². The molecule has 3 rings (SSSR count). The number of halogens is 3. The van der Waals surface area contributed by atoms with Gasteiger partial charge in [-0.05, 0) is 36.6 Å². The summed E-state index contributed by atoms with van der Waals surface area (Å²) in [7, 11) is 0. The Morgan fingerprint density at radius 1 is 1.20 bits per heavy atom. The highest BCUT2D eigenvalue weighted by atomic mass is 19.4. The van der Waals surface area contributed by atoms with E-state index in [0.717, 1.165) is 29.0 Å². The second-order valence-corrected chi connectivity index (χ2v) is 6.10. The first kappa shape index (κ1) is 17.4. The molecule has 0 N–H and O–H groups in total. The summed E-state index contributed by atoms with van der Waals surface area (Å²) in [5, 5.41) is 0. The lowest BCUT2D eigenvalue weighted by Crippen LogP contribution is -2.45. The summed E-state index contributed by atoms with van der Waals surface area (Å²) < 4.78 is 43.7. The van der Waals surface area contributed by atoms with Gasteiger partial charge in [-0.15, -0.1) is 0 Å². The Morgan fingerprint density at radius 2 is 2.00 bits per heavy atom. The molecule has 1 aromatic carbocycles. The van der Waals surface area contributed by atoms with Gasteiger partial charge >= 0.3 is 6.18 Å². The minimum Gasteiger partial charge on any atom is -0.467 e. The van der Waals surface area contributed by atoms with Crippen molar-refractivity contribution in [3.8, 4) is 0 Å².